The molecule has 0 saturated heterocycles. The Morgan fingerprint density at radius 1 is 1.25 bits per heavy atom. The normalized spacial score (nSPS) is 16.2. The molecule has 64 valence electrons. The number of halogens is 2. The third-order valence-electron chi connectivity index (χ3n) is 1.89. The van der Waals surface area contributed by atoms with Crippen molar-refractivity contribution >= 4 is 28.9 Å². The molecule has 0 amide bonds. The van der Waals surface area contributed by atoms with E-state index >= 15 is 0 Å². The van der Waals surface area contributed by atoms with Crippen LogP contribution in [0.3, 0.4) is 0 Å². The summed E-state index contributed by atoms with van der Waals surface area (Å²) in [6, 6.07) is 6.26. The van der Waals surface area contributed by atoms with E-state index in [1.54, 1.807) is 6.07 Å². The van der Waals surface area contributed by atoms with Crippen molar-refractivity contribution in [3.05, 3.63) is 28.2 Å². The molecule has 0 atom stereocenters. The Labute approximate surface area is 81.7 Å². The fraction of sp³-hybridized carbons (Fsp3) is 0.333. The minimum absolute atomic E-state index is 0.612. The minimum Gasteiger partial charge on any atom is -0.381 e. The summed E-state index contributed by atoms with van der Waals surface area (Å²) in [7, 11) is 0. The van der Waals surface area contributed by atoms with E-state index in [-0.39, 0.29) is 0 Å². The molecule has 1 N–H and O–H groups in total. The van der Waals surface area contributed by atoms with E-state index in [0.717, 1.165) is 5.69 Å². The number of nitrogens with one attached hydrogen (secondary N) is 1. The summed E-state index contributed by atoms with van der Waals surface area (Å²) >= 11 is 11.8. The average molecular weight is 202 g/mol. The predicted molar refractivity (Wildman–Crippen MR) is 53.1 cm³/mol. The quantitative estimate of drug-likeness (QED) is 0.772. The maximum atomic E-state index is 5.97. The summed E-state index contributed by atoms with van der Waals surface area (Å²) in [6.45, 7) is 0. The van der Waals surface area contributed by atoms with E-state index in [9.17, 15) is 0 Å². The van der Waals surface area contributed by atoms with Gasteiger partial charge in [0, 0.05) is 6.04 Å². The van der Waals surface area contributed by atoms with Crippen LogP contribution in [0.15, 0.2) is 18.2 Å². The van der Waals surface area contributed by atoms with Gasteiger partial charge in [0.15, 0.2) is 0 Å². The van der Waals surface area contributed by atoms with Crippen LogP contribution in [0.4, 0.5) is 5.69 Å². The largest absolute Gasteiger partial charge is 0.381 e. The summed E-state index contributed by atoms with van der Waals surface area (Å²) in [4.78, 5) is 0. The van der Waals surface area contributed by atoms with Crippen molar-refractivity contribution in [2.45, 2.75) is 18.9 Å². The lowest BCUT2D eigenvalue weighted by atomic mass is 10.3. The van der Waals surface area contributed by atoms with Crippen molar-refractivity contribution in [3.8, 4) is 0 Å². The van der Waals surface area contributed by atoms with Gasteiger partial charge in [0.2, 0.25) is 0 Å². The van der Waals surface area contributed by atoms with Crippen LogP contribution < -0.4 is 5.32 Å². The topological polar surface area (TPSA) is 12.0 Å². The molecule has 1 nitrogen and oxygen atoms in total. The highest BCUT2D eigenvalue weighted by molar-refractivity contribution is 6.43. The molecule has 12 heavy (non-hydrogen) atoms. The monoisotopic (exact) mass is 201 g/mol. The average Bonchev–Trinajstić information content (AvgIpc) is 2.83. The zero-order valence-corrected chi connectivity index (χ0v) is 7.99. The van der Waals surface area contributed by atoms with Crippen LogP contribution in [-0.4, -0.2) is 6.04 Å². The first kappa shape index (κ1) is 8.21. The van der Waals surface area contributed by atoms with Crippen LogP contribution >= 0.6 is 23.2 Å². The van der Waals surface area contributed by atoms with Gasteiger partial charge in [0.1, 0.15) is 0 Å². The number of hydrogen-bond donors (Lipinski definition) is 1. The van der Waals surface area contributed by atoms with Gasteiger partial charge in [-0.25, -0.2) is 0 Å². The van der Waals surface area contributed by atoms with Gasteiger partial charge in [0.25, 0.3) is 0 Å². The Morgan fingerprint density at radius 2 is 2.00 bits per heavy atom. The van der Waals surface area contributed by atoms with Crippen LogP contribution in [0.5, 0.6) is 0 Å². The summed E-state index contributed by atoms with van der Waals surface area (Å²) in [5.41, 5.74) is 0.951. The fourth-order valence-corrected chi connectivity index (χ4v) is 1.42. The summed E-state index contributed by atoms with van der Waals surface area (Å²) < 4.78 is 0. The molecule has 0 radical (unpaired) electrons. The molecule has 0 bridgehead atoms. The molecule has 1 aromatic carbocycles. The second-order valence-corrected chi connectivity index (χ2v) is 3.81. The van der Waals surface area contributed by atoms with Gasteiger partial charge < -0.3 is 5.32 Å². The van der Waals surface area contributed by atoms with E-state index < -0.39 is 0 Å². The number of anilines is 1. The Bertz CT molecular complexity index is 295. The first-order chi connectivity index (χ1) is 5.77. The molecule has 2 rings (SSSR count). The Hall–Kier alpha value is -0.400. The van der Waals surface area contributed by atoms with Gasteiger partial charge in [-0.1, -0.05) is 29.3 Å². The van der Waals surface area contributed by atoms with Crippen molar-refractivity contribution in [1.82, 2.24) is 0 Å². The molecule has 3 heteroatoms. The number of hydrogen-bond acceptors (Lipinski definition) is 1. The van der Waals surface area contributed by atoms with Crippen LogP contribution in [-0.2, 0) is 0 Å². The molecule has 1 aromatic rings. The third kappa shape index (κ3) is 1.67. The molecule has 1 aliphatic carbocycles. The van der Waals surface area contributed by atoms with Crippen LogP contribution in [0, 0.1) is 0 Å². The number of rotatable bonds is 2. The van der Waals surface area contributed by atoms with Crippen molar-refractivity contribution in [1.29, 1.82) is 0 Å². The molecule has 0 unspecified atom stereocenters. The SMILES string of the molecule is Clc1cccc(NC2CC2)c1Cl. The zero-order chi connectivity index (χ0) is 8.55. The molecular formula is C9H9Cl2N. The summed E-state index contributed by atoms with van der Waals surface area (Å²) in [5, 5.41) is 4.55. The van der Waals surface area contributed by atoms with Crippen molar-refractivity contribution in [2.24, 2.45) is 0 Å². The van der Waals surface area contributed by atoms with E-state index in [2.05, 4.69) is 5.32 Å². The van der Waals surface area contributed by atoms with Crippen LogP contribution in [0.1, 0.15) is 12.8 Å². The minimum atomic E-state index is 0.612. The van der Waals surface area contributed by atoms with E-state index in [1.807, 2.05) is 12.1 Å². The Balaban J connectivity index is 2.23. The van der Waals surface area contributed by atoms with Crippen LogP contribution in [0.25, 0.3) is 0 Å². The van der Waals surface area contributed by atoms with E-state index in [4.69, 9.17) is 23.2 Å². The maximum Gasteiger partial charge on any atom is 0.0823 e. The maximum absolute atomic E-state index is 5.97. The summed E-state index contributed by atoms with van der Waals surface area (Å²) in [6.07, 6.45) is 2.48. The van der Waals surface area contributed by atoms with Gasteiger partial charge in [-0.3, -0.25) is 0 Å². The first-order valence-corrected chi connectivity index (χ1v) is 4.73. The fourth-order valence-electron chi connectivity index (χ4n) is 1.06. The lowest BCUT2D eigenvalue weighted by Gasteiger charge is -2.06. The molecule has 0 aromatic heterocycles. The smallest absolute Gasteiger partial charge is 0.0823 e. The van der Waals surface area contributed by atoms with Gasteiger partial charge in [-0.05, 0) is 25.0 Å². The molecule has 1 saturated carbocycles. The van der Waals surface area contributed by atoms with Crippen molar-refractivity contribution in [3.63, 3.8) is 0 Å². The van der Waals surface area contributed by atoms with Crippen molar-refractivity contribution in [2.75, 3.05) is 5.32 Å². The molecule has 1 fully saturated rings. The third-order valence-corrected chi connectivity index (χ3v) is 2.71. The van der Waals surface area contributed by atoms with Crippen molar-refractivity contribution < 1.29 is 0 Å². The van der Waals surface area contributed by atoms with Gasteiger partial charge in [-0.2, -0.15) is 0 Å². The second-order valence-electron chi connectivity index (χ2n) is 3.02. The summed E-state index contributed by atoms with van der Waals surface area (Å²) in [5.74, 6) is 0. The van der Waals surface area contributed by atoms with Crippen LogP contribution in [0.2, 0.25) is 10.0 Å². The van der Waals surface area contributed by atoms with E-state index in [0.29, 0.717) is 16.1 Å². The zero-order valence-electron chi connectivity index (χ0n) is 6.48. The Morgan fingerprint density at radius 3 is 2.67 bits per heavy atom. The highest BCUT2D eigenvalue weighted by Crippen LogP contribution is 2.33. The molecule has 0 heterocycles. The van der Waals surface area contributed by atoms with E-state index in [1.165, 1.54) is 12.8 Å². The second kappa shape index (κ2) is 3.15. The predicted octanol–water partition coefficient (Wildman–Crippen LogP) is 3.57. The highest BCUT2D eigenvalue weighted by atomic mass is 35.5. The molecule has 0 spiro atoms. The Kier molecular flexibility index (Phi) is 2.16. The lowest BCUT2D eigenvalue weighted by Crippen LogP contribution is -2.00. The number of benzene rings is 1. The van der Waals surface area contributed by atoms with Gasteiger partial charge >= 0.3 is 0 Å². The van der Waals surface area contributed by atoms with Gasteiger partial charge in [0.05, 0.1) is 15.7 Å². The highest BCUT2D eigenvalue weighted by Gasteiger charge is 2.21. The molecule has 1 aliphatic rings. The molecule has 0 aliphatic heterocycles. The molecular weight excluding hydrogens is 193 g/mol. The standard InChI is InChI=1S/C9H9Cl2N/c10-7-2-1-3-8(9(7)11)12-6-4-5-6/h1-3,6,12H,4-5H2. The lowest BCUT2D eigenvalue weighted by molar-refractivity contribution is 1.16. The first-order valence-electron chi connectivity index (χ1n) is 3.98. The van der Waals surface area contributed by atoms with Gasteiger partial charge in [-0.15, -0.1) is 0 Å².